The Morgan fingerprint density at radius 1 is 1.22 bits per heavy atom. The zero-order chi connectivity index (χ0) is 15.8. The molecule has 0 fully saturated rings. The number of anilines is 4. The third-order valence-electron chi connectivity index (χ3n) is 3.72. The fraction of sp³-hybridized carbons (Fsp3) is 0.0625. The van der Waals surface area contributed by atoms with Gasteiger partial charge in [-0.1, -0.05) is 6.07 Å². The first-order valence-corrected chi connectivity index (χ1v) is 7.79. The molecule has 114 valence electrons. The van der Waals surface area contributed by atoms with E-state index in [1.54, 1.807) is 23.2 Å². The van der Waals surface area contributed by atoms with Crippen LogP contribution in [0.15, 0.2) is 48.7 Å². The van der Waals surface area contributed by atoms with E-state index >= 15 is 0 Å². The zero-order valence-corrected chi connectivity index (χ0v) is 12.9. The van der Waals surface area contributed by atoms with Crippen molar-refractivity contribution >= 4 is 40.5 Å². The average Bonchev–Trinajstić information content (AvgIpc) is 3.16. The summed E-state index contributed by atoms with van der Waals surface area (Å²) in [5, 5.41) is 3.17. The Labute approximate surface area is 136 Å². The van der Waals surface area contributed by atoms with E-state index in [9.17, 15) is 4.79 Å². The highest BCUT2D eigenvalue weighted by Crippen LogP contribution is 2.31. The van der Waals surface area contributed by atoms with Crippen molar-refractivity contribution in [1.82, 2.24) is 8.75 Å². The highest BCUT2D eigenvalue weighted by Gasteiger charge is 2.28. The number of amides is 1. The Bertz CT molecular complexity index is 878. The highest BCUT2D eigenvalue weighted by molar-refractivity contribution is 6.99. The summed E-state index contributed by atoms with van der Waals surface area (Å²) in [6.45, 7) is 0.529. The number of nitrogens with one attached hydrogen (secondary N) is 1. The van der Waals surface area contributed by atoms with Crippen molar-refractivity contribution < 1.29 is 4.79 Å². The molecule has 1 aliphatic rings. The lowest BCUT2D eigenvalue weighted by Crippen LogP contribution is -2.22. The second-order valence-electron chi connectivity index (χ2n) is 5.28. The van der Waals surface area contributed by atoms with Crippen LogP contribution >= 0.6 is 11.7 Å². The predicted octanol–water partition coefficient (Wildman–Crippen LogP) is 3.02. The molecule has 23 heavy (non-hydrogen) atoms. The number of hydrogen-bond acceptors (Lipinski definition) is 6. The van der Waals surface area contributed by atoms with E-state index in [2.05, 4.69) is 14.1 Å². The molecule has 2 heterocycles. The molecular weight excluding hydrogens is 310 g/mol. The molecular formula is C16H13N5OS. The van der Waals surface area contributed by atoms with E-state index in [4.69, 9.17) is 5.73 Å². The molecule has 1 aromatic heterocycles. The molecule has 6 nitrogen and oxygen atoms in total. The van der Waals surface area contributed by atoms with Gasteiger partial charge in [-0.3, -0.25) is 4.79 Å². The van der Waals surface area contributed by atoms with Crippen LogP contribution in [-0.2, 0) is 6.54 Å². The number of nitrogen functional groups attached to an aromatic ring is 1. The molecule has 0 unspecified atom stereocenters. The van der Waals surface area contributed by atoms with E-state index in [1.165, 1.54) is 0 Å². The van der Waals surface area contributed by atoms with Gasteiger partial charge < -0.3 is 16.0 Å². The summed E-state index contributed by atoms with van der Waals surface area (Å²) in [4.78, 5) is 14.3. The third kappa shape index (κ3) is 2.51. The molecule has 3 N–H and O–H groups in total. The molecule has 0 bridgehead atoms. The second kappa shape index (κ2) is 5.36. The summed E-state index contributed by atoms with van der Waals surface area (Å²) in [5.74, 6) is 0.684. The maximum Gasteiger partial charge on any atom is 0.258 e. The first-order valence-electron chi connectivity index (χ1n) is 7.05. The number of benzene rings is 2. The normalized spacial score (nSPS) is 13.2. The Morgan fingerprint density at radius 2 is 2.13 bits per heavy atom. The maximum atomic E-state index is 12.6. The second-order valence-corrected chi connectivity index (χ2v) is 5.83. The minimum absolute atomic E-state index is 0.00697. The number of fused-ring (bicyclic) bond motifs is 1. The van der Waals surface area contributed by atoms with Crippen molar-refractivity contribution in [2.75, 3.05) is 16.0 Å². The van der Waals surface area contributed by atoms with Gasteiger partial charge in [0, 0.05) is 22.6 Å². The molecule has 0 atom stereocenters. The zero-order valence-electron chi connectivity index (χ0n) is 12.1. The maximum absolute atomic E-state index is 12.6. The molecule has 2 aromatic carbocycles. The first kappa shape index (κ1) is 13.7. The van der Waals surface area contributed by atoms with Crippen LogP contribution < -0.4 is 16.0 Å². The van der Waals surface area contributed by atoms with Gasteiger partial charge in [0.05, 0.1) is 24.5 Å². The van der Waals surface area contributed by atoms with E-state index < -0.39 is 0 Å². The molecule has 3 aromatic rings. The molecule has 7 heteroatoms. The summed E-state index contributed by atoms with van der Waals surface area (Å²) in [6, 6.07) is 13.1. The van der Waals surface area contributed by atoms with Crippen molar-refractivity contribution in [2.24, 2.45) is 0 Å². The number of carbonyl (C=O) groups excluding carboxylic acids is 1. The number of hydrogen-bond donors (Lipinski definition) is 2. The topological polar surface area (TPSA) is 84.1 Å². The molecule has 0 spiro atoms. The van der Waals surface area contributed by atoms with Gasteiger partial charge >= 0.3 is 0 Å². The molecule has 0 saturated heterocycles. The van der Waals surface area contributed by atoms with Crippen molar-refractivity contribution in [3.8, 4) is 0 Å². The van der Waals surface area contributed by atoms with Crippen LogP contribution in [0.25, 0.3) is 0 Å². The first-order chi connectivity index (χ1) is 11.2. The highest BCUT2D eigenvalue weighted by atomic mass is 32.1. The monoisotopic (exact) mass is 323 g/mol. The Kier molecular flexibility index (Phi) is 3.20. The van der Waals surface area contributed by atoms with Crippen LogP contribution in [0.4, 0.5) is 22.9 Å². The van der Waals surface area contributed by atoms with Crippen LogP contribution in [0, 0.1) is 0 Å². The predicted molar refractivity (Wildman–Crippen MR) is 91.0 cm³/mol. The lowest BCUT2D eigenvalue weighted by molar-refractivity contribution is 0.0996. The van der Waals surface area contributed by atoms with Gasteiger partial charge in [0.25, 0.3) is 5.91 Å². The molecule has 0 aliphatic carbocycles. The third-order valence-corrected chi connectivity index (χ3v) is 4.20. The van der Waals surface area contributed by atoms with Crippen LogP contribution in [0.1, 0.15) is 15.9 Å². The van der Waals surface area contributed by atoms with Crippen LogP contribution in [0.5, 0.6) is 0 Å². The molecule has 0 radical (unpaired) electrons. The summed E-state index contributed by atoms with van der Waals surface area (Å²) in [6.07, 6.45) is 1.66. The Morgan fingerprint density at radius 3 is 2.96 bits per heavy atom. The van der Waals surface area contributed by atoms with Gasteiger partial charge in [-0.05, 0) is 42.0 Å². The van der Waals surface area contributed by atoms with Gasteiger partial charge in [0.15, 0.2) is 5.82 Å². The quantitative estimate of drug-likeness (QED) is 0.724. The summed E-state index contributed by atoms with van der Waals surface area (Å²) >= 11 is 1.14. The van der Waals surface area contributed by atoms with E-state index in [0.717, 1.165) is 28.7 Å². The van der Waals surface area contributed by atoms with Gasteiger partial charge in [0.1, 0.15) is 0 Å². The van der Waals surface area contributed by atoms with E-state index in [-0.39, 0.29) is 5.91 Å². The van der Waals surface area contributed by atoms with Crippen molar-refractivity contribution in [2.45, 2.75) is 6.54 Å². The largest absolute Gasteiger partial charge is 0.399 e. The van der Waals surface area contributed by atoms with Crippen molar-refractivity contribution in [3.63, 3.8) is 0 Å². The Hall–Kier alpha value is -2.93. The van der Waals surface area contributed by atoms with Gasteiger partial charge in [0.2, 0.25) is 0 Å². The van der Waals surface area contributed by atoms with Crippen molar-refractivity contribution in [3.05, 3.63) is 59.8 Å². The van der Waals surface area contributed by atoms with Gasteiger partial charge in [-0.15, -0.1) is 0 Å². The summed E-state index contributed by atoms with van der Waals surface area (Å²) in [5.41, 5.74) is 9.84. The SMILES string of the molecule is Nc1ccc2c(c1)CN(c1cccc(Nc3cnsn3)c1)C2=O. The minimum atomic E-state index is -0.00697. The number of nitrogens with two attached hydrogens (primary N) is 1. The molecule has 1 amide bonds. The lowest BCUT2D eigenvalue weighted by Gasteiger charge is -2.16. The Balaban J connectivity index is 1.63. The van der Waals surface area contributed by atoms with Gasteiger partial charge in [-0.2, -0.15) is 8.75 Å². The number of rotatable bonds is 3. The standard InChI is InChI=1S/C16H13N5OS/c17-11-4-5-14-10(6-11)9-21(16(14)22)13-3-1-2-12(7-13)19-15-8-18-23-20-15/h1-8H,9,17H2,(H,19,20). The van der Waals surface area contributed by atoms with Crippen molar-refractivity contribution in [1.29, 1.82) is 0 Å². The number of nitrogens with zero attached hydrogens (tertiary/aromatic N) is 3. The van der Waals surface area contributed by atoms with Crippen LogP contribution in [0.3, 0.4) is 0 Å². The van der Waals surface area contributed by atoms with Crippen LogP contribution in [-0.4, -0.2) is 14.7 Å². The fourth-order valence-corrected chi connectivity index (χ4v) is 3.04. The summed E-state index contributed by atoms with van der Waals surface area (Å²) in [7, 11) is 0. The lowest BCUT2D eigenvalue weighted by atomic mass is 10.1. The summed E-state index contributed by atoms with van der Waals surface area (Å²) < 4.78 is 8.08. The van der Waals surface area contributed by atoms with Crippen LogP contribution in [0.2, 0.25) is 0 Å². The van der Waals surface area contributed by atoms with E-state index in [1.807, 2.05) is 30.3 Å². The molecule has 0 saturated carbocycles. The molecule has 1 aliphatic heterocycles. The van der Waals surface area contributed by atoms with Gasteiger partial charge in [-0.25, -0.2) is 0 Å². The van der Waals surface area contributed by atoms with E-state index in [0.29, 0.717) is 23.6 Å². The molecule has 4 rings (SSSR count). The number of carbonyl (C=O) groups is 1. The fourth-order valence-electron chi connectivity index (χ4n) is 2.67. The minimum Gasteiger partial charge on any atom is -0.399 e. The number of aromatic nitrogens is 2. The average molecular weight is 323 g/mol. The smallest absolute Gasteiger partial charge is 0.258 e.